The first-order valence-corrected chi connectivity index (χ1v) is 8.10. The molecule has 0 spiro atoms. The summed E-state index contributed by atoms with van der Waals surface area (Å²) in [5.74, 6) is 0.221. The van der Waals surface area contributed by atoms with Gasteiger partial charge in [-0.2, -0.15) is 10.2 Å². The number of fused-ring (bicyclic) bond motifs is 1. The van der Waals surface area contributed by atoms with Crippen LogP contribution in [0.4, 0.5) is 0 Å². The second kappa shape index (κ2) is 7.28. The fraction of sp³-hybridized carbons (Fsp3) is 0.412. The van der Waals surface area contributed by atoms with Crippen LogP contribution in [0.3, 0.4) is 0 Å². The summed E-state index contributed by atoms with van der Waals surface area (Å²) in [7, 11) is 1.86. The number of pyridine rings is 1. The van der Waals surface area contributed by atoms with E-state index >= 15 is 0 Å². The first kappa shape index (κ1) is 15.6. The van der Waals surface area contributed by atoms with Crippen molar-refractivity contribution in [3.05, 3.63) is 36.9 Å². The molecule has 0 bridgehead atoms. The molecule has 0 aliphatic carbocycles. The molecule has 4 rings (SSSR count). The standard InChI is InChI=1S/C11H10N4O.C6H13N/c1-14-6-9(5-13-14)8-4-11(16)10-2-3-12-15(10)7-8;1-2-4-6-7-5-3-1/h2-7,16H,1H3;7H,1-6H2. The summed E-state index contributed by atoms with van der Waals surface area (Å²) in [4.78, 5) is 0. The summed E-state index contributed by atoms with van der Waals surface area (Å²) in [5.41, 5.74) is 2.55. The van der Waals surface area contributed by atoms with Crippen LogP contribution in [0.25, 0.3) is 16.6 Å². The van der Waals surface area contributed by atoms with Gasteiger partial charge in [-0.25, -0.2) is 4.52 Å². The lowest BCUT2D eigenvalue weighted by molar-refractivity contribution is 0.478. The zero-order chi connectivity index (χ0) is 16.1. The SMILES string of the molecule is C1CCCNCC1.Cn1cc(-c2cc(O)c3ccnn3c2)cn1. The molecule has 0 radical (unpaired) electrons. The highest BCUT2D eigenvalue weighted by molar-refractivity contribution is 5.69. The van der Waals surface area contributed by atoms with Gasteiger partial charge >= 0.3 is 0 Å². The lowest BCUT2D eigenvalue weighted by Gasteiger charge is -2.01. The Bertz CT molecular complexity index is 742. The van der Waals surface area contributed by atoms with Crippen LogP contribution < -0.4 is 5.32 Å². The average Bonchev–Trinajstić information content (AvgIpc) is 3.08. The van der Waals surface area contributed by atoms with E-state index in [4.69, 9.17) is 0 Å². The topological polar surface area (TPSA) is 67.4 Å². The number of rotatable bonds is 1. The molecule has 0 aromatic carbocycles. The van der Waals surface area contributed by atoms with Crippen molar-refractivity contribution in [3.8, 4) is 16.9 Å². The zero-order valence-electron chi connectivity index (χ0n) is 13.4. The molecule has 3 aromatic rings. The quantitative estimate of drug-likeness (QED) is 0.724. The van der Waals surface area contributed by atoms with Gasteiger partial charge in [0.1, 0.15) is 11.3 Å². The van der Waals surface area contributed by atoms with Crippen molar-refractivity contribution < 1.29 is 5.11 Å². The van der Waals surface area contributed by atoms with E-state index in [1.165, 1.54) is 38.8 Å². The third-order valence-electron chi connectivity index (χ3n) is 3.98. The molecule has 1 aliphatic rings. The predicted molar refractivity (Wildman–Crippen MR) is 90.4 cm³/mol. The van der Waals surface area contributed by atoms with E-state index in [2.05, 4.69) is 15.5 Å². The van der Waals surface area contributed by atoms with Crippen molar-refractivity contribution in [2.45, 2.75) is 25.7 Å². The Morgan fingerprint density at radius 3 is 2.52 bits per heavy atom. The number of aryl methyl sites for hydroxylation is 1. The first-order chi connectivity index (χ1) is 11.2. The molecule has 0 amide bonds. The molecule has 3 aromatic heterocycles. The average molecular weight is 313 g/mol. The number of aromatic nitrogens is 4. The van der Waals surface area contributed by atoms with Gasteiger partial charge in [0.25, 0.3) is 0 Å². The van der Waals surface area contributed by atoms with Gasteiger partial charge in [-0.15, -0.1) is 0 Å². The molecule has 1 aliphatic heterocycles. The molecular weight excluding hydrogens is 290 g/mol. The number of hydrogen-bond acceptors (Lipinski definition) is 4. The smallest absolute Gasteiger partial charge is 0.141 e. The van der Waals surface area contributed by atoms with Crippen molar-refractivity contribution >= 4 is 5.52 Å². The van der Waals surface area contributed by atoms with E-state index in [1.54, 1.807) is 33.7 Å². The molecule has 0 atom stereocenters. The second-order valence-electron chi connectivity index (χ2n) is 5.84. The Balaban J connectivity index is 0.000000188. The van der Waals surface area contributed by atoms with Gasteiger partial charge in [0.15, 0.2) is 0 Å². The normalized spacial score (nSPS) is 15.0. The summed E-state index contributed by atoms with van der Waals surface area (Å²) < 4.78 is 3.37. The van der Waals surface area contributed by atoms with Crippen LogP contribution in [0.2, 0.25) is 0 Å². The van der Waals surface area contributed by atoms with E-state index in [0.717, 1.165) is 11.1 Å². The van der Waals surface area contributed by atoms with Crippen molar-refractivity contribution in [2.24, 2.45) is 7.05 Å². The number of nitrogens with zero attached hydrogens (tertiary/aromatic N) is 4. The molecule has 6 nitrogen and oxygen atoms in total. The van der Waals surface area contributed by atoms with Crippen molar-refractivity contribution in [1.29, 1.82) is 0 Å². The van der Waals surface area contributed by atoms with Gasteiger partial charge in [0.2, 0.25) is 0 Å². The summed E-state index contributed by atoms with van der Waals surface area (Å²) in [6, 6.07) is 3.48. The van der Waals surface area contributed by atoms with Crippen LogP contribution in [0.5, 0.6) is 5.75 Å². The first-order valence-electron chi connectivity index (χ1n) is 8.10. The zero-order valence-corrected chi connectivity index (χ0v) is 13.4. The largest absolute Gasteiger partial charge is 0.506 e. The Kier molecular flexibility index (Phi) is 4.92. The van der Waals surface area contributed by atoms with Crippen molar-refractivity contribution in [2.75, 3.05) is 13.1 Å². The summed E-state index contributed by atoms with van der Waals surface area (Å²) in [5, 5.41) is 21.4. The summed E-state index contributed by atoms with van der Waals surface area (Å²) in [6.45, 7) is 2.50. The third kappa shape index (κ3) is 3.90. The minimum absolute atomic E-state index is 0.221. The maximum Gasteiger partial charge on any atom is 0.141 e. The fourth-order valence-corrected chi connectivity index (χ4v) is 2.72. The lowest BCUT2D eigenvalue weighted by Crippen LogP contribution is -2.12. The van der Waals surface area contributed by atoms with Crippen LogP contribution >= 0.6 is 0 Å². The van der Waals surface area contributed by atoms with Crippen LogP contribution in [0.1, 0.15) is 25.7 Å². The van der Waals surface area contributed by atoms with Gasteiger partial charge in [-0.3, -0.25) is 4.68 Å². The fourth-order valence-electron chi connectivity index (χ4n) is 2.72. The van der Waals surface area contributed by atoms with E-state index in [1.807, 2.05) is 19.4 Å². The molecule has 6 heteroatoms. The van der Waals surface area contributed by atoms with E-state index in [-0.39, 0.29) is 5.75 Å². The van der Waals surface area contributed by atoms with Gasteiger partial charge < -0.3 is 10.4 Å². The molecule has 122 valence electrons. The predicted octanol–water partition coefficient (Wildman–Crippen LogP) is 2.59. The molecule has 1 saturated heterocycles. The van der Waals surface area contributed by atoms with Gasteiger partial charge in [0, 0.05) is 30.6 Å². The van der Waals surface area contributed by atoms with Crippen molar-refractivity contribution in [1.82, 2.24) is 24.7 Å². The molecule has 23 heavy (non-hydrogen) atoms. The lowest BCUT2D eigenvalue weighted by atomic mass is 10.1. The molecule has 1 fully saturated rings. The molecule has 0 saturated carbocycles. The minimum Gasteiger partial charge on any atom is -0.506 e. The monoisotopic (exact) mass is 313 g/mol. The van der Waals surface area contributed by atoms with Crippen LogP contribution in [-0.2, 0) is 7.05 Å². The van der Waals surface area contributed by atoms with Crippen LogP contribution in [0.15, 0.2) is 36.9 Å². The van der Waals surface area contributed by atoms with E-state index in [0.29, 0.717) is 5.52 Å². The Hall–Kier alpha value is -2.34. The maximum atomic E-state index is 9.82. The Labute approximate surface area is 135 Å². The van der Waals surface area contributed by atoms with Gasteiger partial charge in [0.05, 0.1) is 12.4 Å². The Morgan fingerprint density at radius 1 is 1.04 bits per heavy atom. The highest BCUT2D eigenvalue weighted by atomic mass is 16.3. The van der Waals surface area contributed by atoms with Crippen LogP contribution in [0, 0.1) is 0 Å². The minimum atomic E-state index is 0.221. The van der Waals surface area contributed by atoms with E-state index in [9.17, 15) is 5.11 Å². The van der Waals surface area contributed by atoms with Crippen LogP contribution in [-0.4, -0.2) is 37.6 Å². The molecule has 4 heterocycles. The van der Waals surface area contributed by atoms with Crippen molar-refractivity contribution in [3.63, 3.8) is 0 Å². The highest BCUT2D eigenvalue weighted by Gasteiger charge is 2.06. The van der Waals surface area contributed by atoms with Gasteiger partial charge in [-0.1, -0.05) is 12.8 Å². The van der Waals surface area contributed by atoms with Gasteiger partial charge in [-0.05, 0) is 38.1 Å². The molecule has 2 N–H and O–H groups in total. The summed E-state index contributed by atoms with van der Waals surface area (Å²) >= 11 is 0. The highest BCUT2D eigenvalue weighted by Crippen LogP contribution is 2.26. The second-order valence-corrected chi connectivity index (χ2v) is 5.84. The number of hydrogen-bond donors (Lipinski definition) is 2. The summed E-state index contributed by atoms with van der Waals surface area (Å²) in [6.07, 6.45) is 12.8. The van der Waals surface area contributed by atoms with E-state index < -0.39 is 0 Å². The number of aromatic hydroxyl groups is 1. The molecule has 0 unspecified atom stereocenters. The maximum absolute atomic E-state index is 9.82. The number of nitrogens with one attached hydrogen (secondary N) is 1. The molecular formula is C17H23N5O. The Morgan fingerprint density at radius 2 is 1.83 bits per heavy atom. The third-order valence-corrected chi connectivity index (χ3v) is 3.98.